The molecule has 3 aliphatic rings. The summed E-state index contributed by atoms with van der Waals surface area (Å²) in [5.74, 6) is 1.66. The summed E-state index contributed by atoms with van der Waals surface area (Å²) in [6.45, 7) is 9.80. The van der Waals surface area contributed by atoms with Crippen molar-refractivity contribution < 1.29 is 4.79 Å². The van der Waals surface area contributed by atoms with E-state index in [1.807, 2.05) is 0 Å². The summed E-state index contributed by atoms with van der Waals surface area (Å²) in [6.07, 6.45) is 6.64. The maximum atomic E-state index is 12.8. The SMILES string of the molecule is CCC[C@H]1[C@H]2C[C@H](CN(Cc3c(C)nn(-c4ccccc4)c3C)C2)[C@@H]2CCCC(=O)N21. The summed E-state index contributed by atoms with van der Waals surface area (Å²) < 4.78 is 2.09. The van der Waals surface area contributed by atoms with Crippen molar-refractivity contribution in [1.82, 2.24) is 19.6 Å². The molecule has 4 heterocycles. The molecule has 0 N–H and O–H groups in total. The van der Waals surface area contributed by atoms with Gasteiger partial charge in [-0.05, 0) is 63.5 Å². The number of benzene rings is 1. The fraction of sp³-hybridized carbons (Fsp3) is 0.615. The van der Waals surface area contributed by atoms with Gasteiger partial charge < -0.3 is 4.90 Å². The maximum absolute atomic E-state index is 12.8. The second-order valence-corrected chi connectivity index (χ2v) is 9.96. The van der Waals surface area contributed by atoms with Crippen molar-refractivity contribution in [2.75, 3.05) is 13.1 Å². The van der Waals surface area contributed by atoms with Gasteiger partial charge in [0.2, 0.25) is 5.91 Å². The van der Waals surface area contributed by atoms with Crippen LogP contribution in [0, 0.1) is 25.7 Å². The Morgan fingerprint density at radius 1 is 1.10 bits per heavy atom. The second kappa shape index (κ2) is 8.42. The highest BCUT2D eigenvalue weighted by Crippen LogP contribution is 2.43. The summed E-state index contributed by atoms with van der Waals surface area (Å²) in [4.78, 5) is 17.9. The third kappa shape index (κ3) is 3.71. The molecule has 0 saturated carbocycles. The molecule has 3 fully saturated rings. The van der Waals surface area contributed by atoms with E-state index in [-0.39, 0.29) is 0 Å². The number of nitrogens with zero attached hydrogens (tertiary/aromatic N) is 4. The predicted octanol–water partition coefficient (Wildman–Crippen LogP) is 4.49. The first-order chi connectivity index (χ1) is 15.1. The Bertz CT molecular complexity index is 936. The molecule has 5 rings (SSSR count). The summed E-state index contributed by atoms with van der Waals surface area (Å²) in [6, 6.07) is 11.3. The van der Waals surface area contributed by atoms with E-state index in [4.69, 9.17) is 5.10 Å². The first-order valence-electron chi connectivity index (χ1n) is 12.2. The molecule has 0 unspecified atom stereocenters. The molecule has 1 aromatic carbocycles. The van der Waals surface area contributed by atoms with Gasteiger partial charge in [0.05, 0.1) is 11.4 Å². The topological polar surface area (TPSA) is 41.4 Å². The molecule has 0 spiro atoms. The smallest absolute Gasteiger partial charge is 0.223 e. The zero-order valence-corrected chi connectivity index (χ0v) is 19.3. The molecule has 31 heavy (non-hydrogen) atoms. The van der Waals surface area contributed by atoms with Gasteiger partial charge in [-0.2, -0.15) is 5.10 Å². The number of fused-ring (bicyclic) bond motifs is 4. The Kier molecular flexibility index (Phi) is 5.63. The standard InChI is InChI=1S/C26H36N4O/c1-4-9-24-20-14-21(25-12-8-13-26(31)29(24)25)16-28(15-20)17-23-18(2)27-30(19(23)3)22-10-6-5-7-11-22/h5-7,10-11,20-21,24-25H,4,8-9,12-17H2,1-3H3/t20-,21+,24-,25-/m0/s1. The Hall–Kier alpha value is -2.14. The van der Waals surface area contributed by atoms with E-state index in [2.05, 4.69) is 65.6 Å². The van der Waals surface area contributed by atoms with Crippen LogP contribution in [0.2, 0.25) is 0 Å². The van der Waals surface area contributed by atoms with Gasteiger partial charge in [-0.3, -0.25) is 9.69 Å². The second-order valence-electron chi connectivity index (χ2n) is 9.96. The van der Waals surface area contributed by atoms with Gasteiger partial charge in [-0.25, -0.2) is 4.68 Å². The van der Waals surface area contributed by atoms with Gasteiger partial charge in [-0.15, -0.1) is 0 Å². The fourth-order valence-corrected chi connectivity index (χ4v) is 6.62. The number of likely N-dealkylation sites (tertiary alicyclic amines) is 1. The lowest BCUT2D eigenvalue weighted by molar-refractivity contribution is -0.153. The van der Waals surface area contributed by atoms with Crippen LogP contribution in [0.25, 0.3) is 5.69 Å². The molecule has 5 nitrogen and oxygen atoms in total. The predicted molar refractivity (Wildman–Crippen MR) is 123 cm³/mol. The minimum Gasteiger partial charge on any atom is -0.336 e. The maximum Gasteiger partial charge on any atom is 0.223 e. The summed E-state index contributed by atoms with van der Waals surface area (Å²) in [5, 5.41) is 4.88. The van der Waals surface area contributed by atoms with Gasteiger partial charge in [-0.1, -0.05) is 31.5 Å². The molecule has 1 amide bonds. The number of piperidine rings is 3. The molecule has 166 valence electrons. The van der Waals surface area contributed by atoms with Crippen molar-refractivity contribution in [3.63, 3.8) is 0 Å². The minimum absolute atomic E-state index is 0.425. The van der Waals surface area contributed by atoms with Gasteiger partial charge in [0.1, 0.15) is 0 Å². The van der Waals surface area contributed by atoms with Crippen molar-refractivity contribution in [3.8, 4) is 5.69 Å². The Morgan fingerprint density at radius 3 is 2.65 bits per heavy atom. The highest BCUT2D eigenvalue weighted by Gasteiger charge is 2.48. The van der Waals surface area contributed by atoms with Crippen molar-refractivity contribution in [2.24, 2.45) is 11.8 Å². The monoisotopic (exact) mass is 420 g/mol. The van der Waals surface area contributed by atoms with Crippen LogP contribution in [0.4, 0.5) is 0 Å². The molecule has 3 aliphatic heterocycles. The molecule has 3 saturated heterocycles. The van der Waals surface area contributed by atoms with E-state index in [9.17, 15) is 4.79 Å². The normalized spacial score (nSPS) is 28.6. The minimum atomic E-state index is 0.425. The van der Waals surface area contributed by atoms with E-state index < -0.39 is 0 Å². The molecule has 2 aromatic rings. The van der Waals surface area contributed by atoms with E-state index >= 15 is 0 Å². The number of aryl methyl sites for hydroxylation is 1. The van der Waals surface area contributed by atoms with Crippen LogP contribution in [0.5, 0.6) is 0 Å². The number of aromatic nitrogens is 2. The van der Waals surface area contributed by atoms with Gasteiger partial charge in [0.25, 0.3) is 0 Å². The third-order valence-electron chi connectivity index (χ3n) is 7.98. The Labute approximate surface area is 186 Å². The number of rotatable bonds is 5. The Balaban J connectivity index is 1.39. The van der Waals surface area contributed by atoms with Crippen LogP contribution >= 0.6 is 0 Å². The molecule has 1 aromatic heterocycles. The summed E-state index contributed by atoms with van der Waals surface area (Å²) >= 11 is 0. The summed E-state index contributed by atoms with van der Waals surface area (Å²) in [5.41, 5.74) is 4.88. The van der Waals surface area contributed by atoms with Crippen molar-refractivity contribution in [2.45, 2.75) is 77.9 Å². The Morgan fingerprint density at radius 2 is 1.87 bits per heavy atom. The fourth-order valence-electron chi connectivity index (χ4n) is 6.62. The molecule has 4 atom stereocenters. The number of carbonyl (C=O) groups is 1. The van der Waals surface area contributed by atoms with Crippen molar-refractivity contribution in [3.05, 3.63) is 47.3 Å². The van der Waals surface area contributed by atoms with Crippen molar-refractivity contribution >= 4 is 5.91 Å². The lowest BCUT2D eigenvalue weighted by Crippen LogP contribution is -2.64. The van der Waals surface area contributed by atoms with E-state index in [0.29, 0.717) is 29.8 Å². The number of para-hydroxylation sites is 1. The zero-order valence-electron chi connectivity index (χ0n) is 19.3. The van der Waals surface area contributed by atoms with Crippen LogP contribution in [-0.4, -0.2) is 50.7 Å². The van der Waals surface area contributed by atoms with Gasteiger partial charge in [0, 0.05) is 49.4 Å². The van der Waals surface area contributed by atoms with Crippen LogP contribution in [-0.2, 0) is 11.3 Å². The first-order valence-corrected chi connectivity index (χ1v) is 12.2. The zero-order chi connectivity index (χ0) is 21.5. The number of hydrogen-bond acceptors (Lipinski definition) is 3. The highest BCUT2D eigenvalue weighted by atomic mass is 16.2. The van der Waals surface area contributed by atoms with Gasteiger partial charge in [0.15, 0.2) is 0 Å². The molecular formula is C26H36N4O. The number of amides is 1. The lowest BCUT2D eigenvalue weighted by atomic mass is 9.71. The average molecular weight is 421 g/mol. The van der Waals surface area contributed by atoms with E-state index in [0.717, 1.165) is 56.7 Å². The highest BCUT2D eigenvalue weighted by molar-refractivity contribution is 5.78. The van der Waals surface area contributed by atoms with E-state index in [1.54, 1.807) is 0 Å². The average Bonchev–Trinajstić information content (AvgIpc) is 3.06. The summed E-state index contributed by atoms with van der Waals surface area (Å²) in [7, 11) is 0. The lowest BCUT2D eigenvalue weighted by Gasteiger charge is -2.57. The molecule has 2 bridgehead atoms. The van der Waals surface area contributed by atoms with Gasteiger partial charge >= 0.3 is 0 Å². The number of hydrogen-bond donors (Lipinski definition) is 0. The molecule has 5 heteroatoms. The van der Waals surface area contributed by atoms with Crippen LogP contribution in [0.3, 0.4) is 0 Å². The van der Waals surface area contributed by atoms with Crippen LogP contribution in [0.15, 0.2) is 30.3 Å². The first kappa shape index (κ1) is 20.7. The molecular weight excluding hydrogens is 384 g/mol. The largest absolute Gasteiger partial charge is 0.336 e. The van der Waals surface area contributed by atoms with Crippen LogP contribution < -0.4 is 0 Å². The third-order valence-corrected chi connectivity index (χ3v) is 7.98. The molecule has 0 radical (unpaired) electrons. The molecule has 0 aliphatic carbocycles. The van der Waals surface area contributed by atoms with Crippen LogP contribution in [0.1, 0.15) is 62.4 Å². The van der Waals surface area contributed by atoms with E-state index in [1.165, 1.54) is 24.1 Å². The van der Waals surface area contributed by atoms with Crippen molar-refractivity contribution in [1.29, 1.82) is 0 Å². The quantitative estimate of drug-likeness (QED) is 0.716. The number of carbonyl (C=O) groups excluding carboxylic acids is 1.